The Kier molecular flexibility index (Phi) is 4.07. The zero-order valence-electron chi connectivity index (χ0n) is 7.83. The highest BCUT2D eigenvalue weighted by Crippen LogP contribution is 2.34. The predicted octanol–water partition coefficient (Wildman–Crippen LogP) is 2.71. The molecule has 0 atom stereocenters. The van der Waals surface area contributed by atoms with Gasteiger partial charge < -0.3 is 4.74 Å². The molecule has 0 aliphatic heterocycles. The Hall–Kier alpha value is -0.490. The fourth-order valence-electron chi connectivity index (χ4n) is 0.988. The van der Waals surface area contributed by atoms with Gasteiger partial charge in [0.05, 0.1) is 22.7 Å². The number of ether oxygens (including phenoxy) is 1. The quantitative estimate of drug-likeness (QED) is 0.622. The molecule has 0 fully saturated rings. The van der Waals surface area contributed by atoms with Crippen LogP contribution < -0.4 is 0 Å². The lowest BCUT2D eigenvalue weighted by molar-refractivity contribution is 0.0601. The van der Waals surface area contributed by atoms with Crippen molar-refractivity contribution in [3.63, 3.8) is 0 Å². The molecule has 1 rings (SSSR count). The molecule has 0 aromatic heterocycles. The Balaban J connectivity index is 3.47. The summed E-state index contributed by atoms with van der Waals surface area (Å²) in [6.07, 6.45) is 0. The molecule has 0 aliphatic rings. The van der Waals surface area contributed by atoms with Crippen molar-refractivity contribution < 1.29 is 17.9 Å². The third-order valence-electron chi connectivity index (χ3n) is 1.71. The highest BCUT2D eigenvalue weighted by molar-refractivity contribution is 8.13. The molecular formula is C8H5Cl3O4S. The molecule has 0 radical (unpaired) electrons. The Bertz CT molecular complexity index is 538. The average Bonchev–Trinajstić information content (AvgIpc) is 2.19. The van der Waals surface area contributed by atoms with Crippen LogP contribution in [-0.2, 0) is 13.8 Å². The molecule has 0 bridgehead atoms. The minimum atomic E-state index is -4.00. The summed E-state index contributed by atoms with van der Waals surface area (Å²) in [4.78, 5) is 10.8. The van der Waals surface area contributed by atoms with E-state index in [2.05, 4.69) is 4.74 Å². The van der Waals surface area contributed by atoms with Crippen LogP contribution in [0, 0.1) is 0 Å². The van der Waals surface area contributed by atoms with Crippen molar-refractivity contribution in [2.75, 3.05) is 7.11 Å². The smallest absolute Gasteiger partial charge is 0.339 e. The first-order valence-corrected chi connectivity index (χ1v) is 6.86. The minimum absolute atomic E-state index is 0.0294. The Labute approximate surface area is 106 Å². The SMILES string of the molecule is COC(=O)c1ccc(S(=O)(=O)Cl)c(Cl)c1Cl. The van der Waals surface area contributed by atoms with Gasteiger partial charge in [0.1, 0.15) is 4.90 Å². The number of rotatable bonds is 2. The summed E-state index contributed by atoms with van der Waals surface area (Å²) in [5.41, 5.74) is -0.0294. The van der Waals surface area contributed by atoms with Gasteiger partial charge in [-0.25, -0.2) is 13.2 Å². The summed E-state index contributed by atoms with van der Waals surface area (Å²) in [7, 11) is 2.28. The highest BCUT2D eigenvalue weighted by Gasteiger charge is 2.22. The van der Waals surface area contributed by atoms with E-state index in [9.17, 15) is 13.2 Å². The molecule has 0 aliphatic carbocycles. The first-order valence-electron chi connectivity index (χ1n) is 3.80. The molecule has 0 unspecified atom stereocenters. The van der Waals surface area contributed by atoms with E-state index in [1.165, 1.54) is 13.2 Å². The maximum atomic E-state index is 11.2. The van der Waals surface area contributed by atoms with Gasteiger partial charge in [0.15, 0.2) is 0 Å². The summed E-state index contributed by atoms with van der Waals surface area (Å²) in [5.74, 6) is -0.717. The second-order valence-electron chi connectivity index (χ2n) is 2.67. The maximum Gasteiger partial charge on any atom is 0.339 e. The summed E-state index contributed by atoms with van der Waals surface area (Å²) in [5, 5.41) is -0.519. The fourth-order valence-corrected chi connectivity index (χ4v) is 2.81. The zero-order valence-corrected chi connectivity index (χ0v) is 10.9. The lowest BCUT2D eigenvalue weighted by Gasteiger charge is -2.06. The van der Waals surface area contributed by atoms with Gasteiger partial charge in [0.25, 0.3) is 9.05 Å². The first-order chi connectivity index (χ1) is 7.29. The molecule has 88 valence electrons. The molecule has 8 heteroatoms. The summed E-state index contributed by atoms with van der Waals surface area (Å²) in [6.45, 7) is 0. The van der Waals surface area contributed by atoms with Crippen molar-refractivity contribution in [2.45, 2.75) is 4.90 Å². The van der Waals surface area contributed by atoms with Crippen molar-refractivity contribution in [1.29, 1.82) is 0 Å². The van der Waals surface area contributed by atoms with Crippen LogP contribution in [0.3, 0.4) is 0 Å². The number of benzene rings is 1. The molecule has 0 spiro atoms. The largest absolute Gasteiger partial charge is 0.465 e. The van der Waals surface area contributed by atoms with Crippen LogP contribution in [0.4, 0.5) is 0 Å². The number of hydrogen-bond donors (Lipinski definition) is 0. The van der Waals surface area contributed by atoms with Crippen LogP contribution in [0.15, 0.2) is 17.0 Å². The van der Waals surface area contributed by atoms with E-state index in [4.69, 9.17) is 33.9 Å². The predicted molar refractivity (Wildman–Crippen MR) is 60.8 cm³/mol. The monoisotopic (exact) mass is 302 g/mol. The number of carbonyl (C=O) groups is 1. The topological polar surface area (TPSA) is 60.4 Å². The van der Waals surface area contributed by atoms with E-state index in [0.29, 0.717) is 0 Å². The van der Waals surface area contributed by atoms with Crippen molar-refractivity contribution in [3.8, 4) is 0 Å². The van der Waals surface area contributed by atoms with Gasteiger partial charge in [0, 0.05) is 10.7 Å². The van der Waals surface area contributed by atoms with Gasteiger partial charge in [-0.1, -0.05) is 23.2 Å². The third kappa shape index (κ3) is 2.60. The lowest BCUT2D eigenvalue weighted by Crippen LogP contribution is -2.04. The van der Waals surface area contributed by atoms with Crippen molar-refractivity contribution >= 4 is 48.9 Å². The molecule has 0 saturated carbocycles. The van der Waals surface area contributed by atoms with E-state index < -0.39 is 15.0 Å². The molecule has 0 amide bonds. The van der Waals surface area contributed by atoms with Crippen LogP contribution in [0.25, 0.3) is 0 Å². The first kappa shape index (κ1) is 13.6. The Morgan fingerprint density at radius 1 is 1.25 bits per heavy atom. The molecule has 16 heavy (non-hydrogen) atoms. The van der Waals surface area contributed by atoms with Gasteiger partial charge in [-0.15, -0.1) is 0 Å². The van der Waals surface area contributed by atoms with Gasteiger partial charge in [-0.3, -0.25) is 0 Å². The molecule has 0 saturated heterocycles. The zero-order chi connectivity index (χ0) is 12.5. The minimum Gasteiger partial charge on any atom is -0.465 e. The lowest BCUT2D eigenvalue weighted by atomic mass is 10.2. The number of hydrogen-bond acceptors (Lipinski definition) is 4. The van der Waals surface area contributed by atoms with Crippen LogP contribution in [-0.4, -0.2) is 21.5 Å². The second-order valence-corrected chi connectivity index (χ2v) is 5.96. The van der Waals surface area contributed by atoms with Crippen molar-refractivity contribution in [1.82, 2.24) is 0 Å². The maximum absolute atomic E-state index is 11.2. The molecule has 1 aromatic carbocycles. The number of carbonyl (C=O) groups excluding carboxylic acids is 1. The Morgan fingerprint density at radius 3 is 2.25 bits per heavy atom. The summed E-state index contributed by atoms with van der Waals surface area (Å²) in [6, 6.07) is 2.26. The molecular weight excluding hydrogens is 299 g/mol. The van der Waals surface area contributed by atoms with E-state index >= 15 is 0 Å². The highest BCUT2D eigenvalue weighted by atomic mass is 35.7. The summed E-state index contributed by atoms with van der Waals surface area (Å²) >= 11 is 11.4. The van der Waals surface area contributed by atoms with Gasteiger partial charge >= 0.3 is 5.97 Å². The van der Waals surface area contributed by atoms with E-state index in [1.807, 2.05) is 0 Å². The summed E-state index contributed by atoms with van der Waals surface area (Å²) < 4.78 is 26.6. The number of methoxy groups -OCH3 is 1. The number of halogens is 3. The van der Waals surface area contributed by atoms with E-state index in [1.54, 1.807) is 0 Å². The standard InChI is InChI=1S/C8H5Cl3O4S/c1-15-8(12)4-2-3-5(16(11,13)14)7(10)6(4)9/h2-3H,1H3. The van der Waals surface area contributed by atoms with E-state index in [0.717, 1.165) is 6.07 Å². The van der Waals surface area contributed by atoms with Gasteiger partial charge in [0.2, 0.25) is 0 Å². The van der Waals surface area contributed by atoms with Crippen LogP contribution in [0.2, 0.25) is 10.0 Å². The number of esters is 1. The average molecular weight is 304 g/mol. The van der Waals surface area contributed by atoms with Crippen molar-refractivity contribution in [3.05, 3.63) is 27.7 Å². The van der Waals surface area contributed by atoms with Crippen LogP contribution in [0.1, 0.15) is 10.4 Å². The fraction of sp³-hybridized carbons (Fsp3) is 0.125. The van der Waals surface area contributed by atoms with Gasteiger partial charge in [-0.05, 0) is 12.1 Å². The Morgan fingerprint density at radius 2 is 1.81 bits per heavy atom. The molecule has 0 N–H and O–H groups in total. The molecule has 1 aromatic rings. The van der Waals surface area contributed by atoms with Crippen LogP contribution in [0.5, 0.6) is 0 Å². The second kappa shape index (κ2) is 4.79. The van der Waals surface area contributed by atoms with E-state index in [-0.39, 0.29) is 20.5 Å². The molecule has 0 heterocycles. The van der Waals surface area contributed by atoms with Gasteiger partial charge in [-0.2, -0.15) is 0 Å². The van der Waals surface area contributed by atoms with Crippen LogP contribution >= 0.6 is 33.9 Å². The third-order valence-corrected chi connectivity index (χ3v) is 4.07. The van der Waals surface area contributed by atoms with Crippen molar-refractivity contribution in [2.24, 2.45) is 0 Å². The molecule has 4 nitrogen and oxygen atoms in total. The normalized spacial score (nSPS) is 11.2.